The molecular weight excluding hydrogens is 256 g/mol. The fourth-order valence-electron chi connectivity index (χ4n) is 1.65. The highest BCUT2D eigenvalue weighted by Crippen LogP contribution is 2.22. The van der Waals surface area contributed by atoms with Gasteiger partial charge in [0.05, 0.1) is 4.90 Å². The van der Waals surface area contributed by atoms with Crippen molar-refractivity contribution in [2.24, 2.45) is 4.99 Å². The van der Waals surface area contributed by atoms with E-state index in [-0.39, 0.29) is 0 Å². The van der Waals surface area contributed by atoms with E-state index in [4.69, 9.17) is 0 Å². The molecule has 1 aliphatic heterocycles. The Morgan fingerprint density at radius 3 is 2.88 bits per heavy atom. The second kappa shape index (κ2) is 5.10. The molecule has 1 heterocycles. The van der Waals surface area contributed by atoms with Crippen molar-refractivity contribution in [2.45, 2.75) is 11.3 Å². The summed E-state index contributed by atoms with van der Waals surface area (Å²) in [5.41, 5.74) is 0.677. The fraction of sp³-hybridized carbons (Fsp3) is 0.364. The Bertz CT molecular complexity index is 538. The number of hydrogen-bond acceptors (Lipinski definition) is 4. The van der Waals surface area contributed by atoms with Crippen LogP contribution in [0.5, 0.6) is 0 Å². The van der Waals surface area contributed by atoms with E-state index in [0.717, 1.165) is 12.2 Å². The van der Waals surface area contributed by atoms with Crippen molar-refractivity contribution in [2.75, 3.05) is 18.6 Å². The van der Waals surface area contributed by atoms with Crippen LogP contribution in [0, 0.1) is 0 Å². The molecule has 92 valence electrons. The van der Waals surface area contributed by atoms with Gasteiger partial charge in [0, 0.05) is 12.1 Å². The van der Waals surface area contributed by atoms with E-state index in [2.05, 4.69) is 9.71 Å². The van der Waals surface area contributed by atoms with Gasteiger partial charge in [-0.05, 0) is 30.6 Å². The van der Waals surface area contributed by atoms with Gasteiger partial charge >= 0.3 is 0 Å². The predicted octanol–water partition coefficient (Wildman–Crippen LogP) is 1.48. The van der Waals surface area contributed by atoms with Crippen LogP contribution in [0.3, 0.4) is 0 Å². The van der Waals surface area contributed by atoms with Gasteiger partial charge in [-0.25, -0.2) is 8.42 Å². The highest BCUT2D eigenvalue weighted by molar-refractivity contribution is 7.98. The van der Waals surface area contributed by atoms with E-state index in [1.165, 1.54) is 0 Å². The second-order valence-corrected chi connectivity index (χ2v) is 6.31. The standard InChI is InChI=1S/C11H14N2O2S2/c1-16-8-4-7-12-11-9-5-2-3-6-10(9)17(14,15)13-11/h2-3,5-6H,4,7-8H2,1H3,(H,12,13). The van der Waals surface area contributed by atoms with Crippen LogP contribution in [0.25, 0.3) is 0 Å². The number of aliphatic imine (C=N–C) groups is 1. The topological polar surface area (TPSA) is 58.5 Å². The van der Waals surface area contributed by atoms with Crippen LogP contribution in [0.4, 0.5) is 0 Å². The Balaban J connectivity index is 2.23. The van der Waals surface area contributed by atoms with Crippen molar-refractivity contribution in [3.05, 3.63) is 29.8 Å². The minimum atomic E-state index is -3.38. The third-order valence-electron chi connectivity index (χ3n) is 2.44. The Kier molecular flexibility index (Phi) is 3.73. The van der Waals surface area contributed by atoms with Crippen LogP contribution in [0.1, 0.15) is 12.0 Å². The number of benzene rings is 1. The summed E-state index contributed by atoms with van der Waals surface area (Å²) in [6, 6.07) is 6.91. The first-order valence-corrected chi connectivity index (χ1v) is 8.18. The average molecular weight is 270 g/mol. The molecule has 17 heavy (non-hydrogen) atoms. The molecule has 0 aromatic heterocycles. The Labute approximate surface area is 106 Å². The zero-order chi connectivity index (χ0) is 12.3. The molecule has 0 unspecified atom stereocenters. The molecule has 0 bridgehead atoms. The number of nitrogens with one attached hydrogen (secondary N) is 1. The molecule has 1 aromatic carbocycles. The molecule has 0 saturated heterocycles. The van der Waals surface area contributed by atoms with Gasteiger partial charge in [-0.1, -0.05) is 12.1 Å². The van der Waals surface area contributed by atoms with Crippen molar-refractivity contribution in [3.63, 3.8) is 0 Å². The lowest BCUT2D eigenvalue weighted by Gasteiger charge is -1.98. The normalized spacial score (nSPS) is 19.0. The zero-order valence-corrected chi connectivity index (χ0v) is 11.1. The van der Waals surface area contributed by atoms with Crippen LogP contribution < -0.4 is 4.72 Å². The maximum absolute atomic E-state index is 11.8. The van der Waals surface area contributed by atoms with Crippen molar-refractivity contribution >= 4 is 27.6 Å². The quantitative estimate of drug-likeness (QED) is 0.843. The maximum Gasteiger partial charge on any atom is 0.263 e. The highest BCUT2D eigenvalue weighted by Gasteiger charge is 2.29. The number of rotatable bonds is 4. The van der Waals surface area contributed by atoms with Gasteiger partial charge in [0.2, 0.25) is 0 Å². The number of thioether (sulfide) groups is 1. The molecule has 6 heteroatoms. The Morgan fingerprint density at radius 1 is 1.35 bits per heavy atom. The molecule has 0 aliphatic carbocycles. The van der Waals surface area contributed by atoms with Gasteiger partial charge in [0.1, 0.15) is 5.84 Å². The number of nitrogens with zero attached hydrogens (tertiary/aromatic N) is 1. The first-order chi connectivity index (χ1) is 8.15. The van der Waals surface area contributed by atoms with Gasteiger partial charge in [0.25, 0.3) is 10.0 Å². The summed E-state index contributed by atoms with van der Waals surface area (Å²) in [5.74, 6) is 1.51. The van der Waals surface area contributed by atoms with Crippen LogP contribution in [0.2, 0.25) is 0 Å². The Morgan fingerprint density at radius 2 is 2.12 bits per heavy atom. The first kappa shape index (κ1) is 12.4. The molecule has 1 aromatic rings. The molecule has 0 radical (unpaired) electrons. The lowest BCUT2D eigenvalue weighted by molar-refractivity contribution is 0.595. The lowest BCUT2D eigenvalue weighted by atomic mass is 10.2. The lowest BCUT2D eigenvalue weighted by Crippen LogP contribution is -2.22. The monoisotopic (exact) mass is 270 g/mol. The number of amidine groups is 1. The summed E-state index contributed by atoms with van der Waals surface area (Å²) in [4.78, 5) is 4.63. The molecular formula is C11H14N2O2S2. The average Bonchev–Trinajstić information content (AvgIpc) is 2.58. The van der Waals surface area contributed by atoms with Gasteiger partial charge < -0.3 is 0 Å². The molecule has 0 spiro atoms. The largest absolute Gasteiger partial charge is 0.267 e. The molecule has 1 N–H and O–H groups in total. The summed E-state index contributed by atoms with van der Waals surface area (Å²) < 4.78 is 26.0. The maximum atomic E-state index is 11.8. The van der Waals surface area contributed by atoms with Crippen LogP contribution in [-0.4, -0.2) is 32.8 Å². The van der Waals surface area contributed by atoms with E-state index in [1.54, 1.807) is 30.0 Å². The third kappa shape index (κ3) is 2.63. The van der Waals surface area contributed by atoms with E-state index in [9.17, 15) is 8.42 Å². The molecule has 0 atom stereocenters. The molecule has 2 rings (SSSR count). The summed E-state index contributed by atoms with van der Waals surface area (Å²) >= 11 is 1.76. The third-order valence-corrected chi connectivity index (χ3v) is 4.53. The minimum absolute atomic E-state index is 0.323. The minimum Gasteiger partial charge on any atom is -0.267 e. The van der Waals surface area contributed by atoms with Gasteiger partial charge in [0.15, 0.2) is 0 Å². The number of fused-ring (bicyclic) bond motifs is 1. The second-order valence-electron chi connectivity index (χ2n) is 3.68. The van der Waals surface area contributed by atoms with Crippen molar-refractivity contribution < 1.29 is 8.42 Å². The van der Waals surface area contributed by atoms with Crippen LogP contribution in [0.15, 0.2) is 34.2 Å². The molecule has 0 saturated carbocycles. The van der Waals surface area contributed by atoms with Gasteiger partial charge in [-0.15, -0.1) is 0 Å². The van der Waals surface area contributed by atoms with Crippen LogP contribution in [-0.2, 0) is 10.0 Å². The summed E-state index contributed by atoms with van der Waals surface area (Å²) in [7, 11) is -3.38. The molecule has 0 amide bonds. The smallest absolute Gasteiger partial charge is 0.263 e. The van der Waals surface area contributed by atoms with E-state index < -0.39 is 10.0 Å². The van der Waals surface area contributed by atoms with Crippen molar-refractivity contribution in [1.82, 2.24) is 4.72 Å². The highest BCUT2D eigenvalue weighted by atomic mass is 32.2. The van der Waals surface area contributed by atoms with Gasteiger partial charge in [-0.3, -0.25) is 9.71 Å². The van der Waals surface area contributed by atoms with E-state index in [1.807, 2.05) is 12.3 Å². The van der Waals surface area contributed by atoms with Crippen LogP contribution >= 0.6 is 11.8 Å². The first-order valence-electron chi connectivity index (χ1n) is 5.31. The molecule has 0 fully saturated rings. The SMILES string of the molecule is CSCCCN=C1NS(=O)(=O)c2ccccc21. The summed E-state index contributed by atoms with van der Waals surface area (Å²) in [6.07, 6.45) is 3.00. The zero-order valence-electron chi connectivity index (χ0n) is 9.51. The number of sulfonamides is 1. The summed E-state index contributed by atoms with van der Waals surface area (Å²) in [5, 5.41) is 0. The Hall–Kier alpha value is -1.01. The van der Waals surface area contributed by atoms with Crippen molar-refractivity contribution in [1.29, 1.82) is 0 Å². The van der Waals surface area contributed by atoms with Gasteiger partial charge in [-0.2, -0.15) is 11.8 Å². The summed E-state index contributed by atoms with van der Waals surface area (Å²) in [6.45, 7) is 0.646. The predicted molar refractivity (Wildman–Crippen MR) is 71.2 cm³/mol. The van der Waals surface area contributed by atoms with Crippen molar-refractivity contribution in [3.8, 4) is 0 Å². The molecule has 1 aliphatic rings. The van der Waals surface area contributed by atoms with E-state index in [0.29, 0.717) is 22.8 Å². The number of hydrogen-bond donors (Lipinski definition) is 1. The molecule has 4 nitrogen and oxygen atoms in total. The van der Waals surface area contributed by atoms with E-state index >= 15 is 0 Å². The fourth-order valence-corrected chi connectivity index (χ4v) is 3.32.